The van der Waals surface area contributed by atoms with Gasteiger partial charge < -0.3 is 4.90 Å². The number of carbonyl (C=O) groups excluding carboxylic acids is 1. The number of nitrogens with one attached hydrogen (secondary N) is 1. The molecule has 1 amide bonds. The summed E-state index contributed by atoms with van der Waals surface area (Å²) in [5, 5.41) is 0. The molecule has 1 aliphatic carbocycles. The predicted octanol–water partition coefficient (Wildman–Crippen LogP) is 1.02. The van der Waals surface area contributed by atoms with Gasteiger partial charge >= 0.3 is 0 Å². The molecule has 0 aromatic carbocycles. The van der Waals surface area contributed by atoms with Crippen LogP contribution in [0.4, 0.5) is 0 Å². The Bertz CT molecular complexity index is 202. The lowest BCUT2D eigenvalue weighted by molar-refractivity contribution is -0.121. The summed E-state index contributed by atoms with van der Waals surface area (Å²) in [4.78, 5) is 13.4. The fraction of sp³-hybridized carbons (Fsp3) is 0.909. The molecule has 0 aromatic rings. The molecule has 1 atom stereocenters. The topological polar surface area (TPSA) is 58.4 Å². The molecule has 1 saturated carbocycles. The van der Waals surface area contributed by atoms with E-state index in [1.807, 2.05) is 0 Å². The molecule has 1 unspecified atom stereocenters. The van der Waals surface area contributed by atoms with Crippen molar-refractivity contribution in [1.82, 2.24) is 10.3 Å². The van der Waals surface area contributed by atoms with Gasteiger partial charge in [-0.15, -0.1) is 0 Å². The molecule has 3 N–H and O–H groups in total. The average molecular weight is 213 g/mol. The quantitative estimate of drug-likeness (QED) is 0.407. The van der Waals surface area contributed by atoms with E-state index in [0.29, 0.717) is 12.5 Å². The van der Waals surface area contributed by atoms with Crippen LogP contribution in [-0.4, -0.2) is 29.9 Å². The van der Waals surface area contributed by atoms with E-state index in [9.17, 15) is 4.79 Å². The maximum atomic E-state index is 11.0. The SMILES string of the molecule is CC(CCC(=O)NN)N(C)C1CCCC1. The zero-order valence-electron chi connectivity index (χ0n) is 9.83. The van der Waals surface area contributed by atoms with Crippen molar-refractivity contribution < 1.29 is 4.79 Å². The lowest BCUT2D eigenvalue weighted by Gasteiger charge is -2.30. The summed E-state index contributed by atoms with van der Waals surface area (Å²) >= 11 is 0. The van der Waals surface area contributed by atoms with Crippen LogP contribution in [0.5, 0.6) is 0 Å². The number of nitrogens with two attached hydrogens (primary N) is 1. The summed E-state index contributed by atoms with van der Waals surface area (Å²) in [7, 11) is 2.17. The Kier molecular flexibility index (Phi) is 5.05. The van der Waals surface area contributed by atoms with Crippen molar-refractivity contribution in [3.63, 3.8) is 0 Å². The Balaban J connectivity index is 2.25. The van der Waals surface area contributed by atoms with Gasteiger partial charge in [0.25, 0.3) is 0 Å². The number of hydrogen-bond donors (Lipinski definition) is 2. The predicted molar refractivity (Wildman–Crippen MR) is 61.0 cm³/mol. The summed E-state index contributed by atoms with van der Waals surface area (Å²) in [5.41, 5.74) is 2.17. The molecule has 0 aromatic heterocycles. The minimum atomic E-state index is -0.0679. The van der Waals surface area contributed by atoms with E-state index < -0.39 is 0 Å². The number of carbonyl (C=O) groups is 1. The van der Waals surface area contributed by atoms with E-state index in [1.165, 1.54) is 25.7 Å². The Morgan fingerprint density at radius 2 is 2.13 bits per heavy atom. The van der Waals surface area contributed by atoms with Crippen molar-refractivity contribution in [3.05, 3.63) is 0 Å². The van der Waals surface area contributed by atoms with Gasteiger partial charge in [-0.25, -0.2) is 5.84 Å². The first-order chi connectivity index (χ1) is 7.15. The number of hydrazine groups is 1. The van der Waals surface area contributed by atoms with E-state index in [1.54, 1.807) is 0 Å². The number of amides is 1. The van der Waals surface area contributed by atoms with Crippen molar-refractivity contribution in [2.45, 2.75) is 57.5 Å². The molecule has 1 aliphatic rings. The fourth-order valence-electron chi connectivity index (χ4n) is 2.29. The number of nitrogens with zero attached hydrogens (tertiary/aromatic N) is 1. The molecule has 4 nitrogen and oxygen atoms in total. The molecule has 1 rings (SSSR count). The van der Waals surface area contributed by atoms with Crippen LogP contribution in [0.25, 0.3) is 0 Å². The van der Waals surface area contributed by atoms with Crippen LogP contribution in [0.1, 0.15) is 45.4 Å². The highest BCUT2D eigenvalue weighted by atomic mass is 16.2. The van der Waals surface area contributed by atoms with Gasteiger partial charge in [-0.05, 0) is 33.2 Å². The summed E-state index contributed by atoms with van der Waals surface area (Å²) in [5.74, 6) is 4.98. The number of rotatable bonds is 5. The largest absolute Gasteiger partial charge is 0.301 e. The van der Waals surface area contributed by atoms with Crippen LogP contribution < -0.4 is 11.3 Å². The highest BCUT2D eigenvalue weighted by Gasteiger charge is 2.23. The Morgan fingerprint density at radius 1 is 1.53 bits per heavy atom. The lowest BCUT2D eigenvalue weighted by Crippen LogP contribution is -2.38. The highest BCUT2D eigenvalue weighted by Crippen LogP contribution is 2.24. The molecule has 0 spiro atoms. The Hall–Kier alpha value is -0.610. The standard InChI is InChI=1S/C11H23N3O/c1-9(7-8-11(15)13-12)14(2)10-5-3-4-6-10/h9-10H,3-8,12H2,1-2H3,(H,13,15). The molecule has 88 valence electrons. The molecule has 15 heavy (non-hydrogen) atoms. The summed E-state index contributed by atoms with van der Waals surface area (Å²) in [6, 6.07) is 1.19. The first kappa shape index (κ1) is 12.5. The highest BCUT2D eigenvalue weighted by molar-refractivity contribution is 5.75. The third-order valence-corrected chi connectivity index (χ3v) is 3.55. The molecule has 0 bridgehead atoms. The van der Waals surface area contributed by atoms with Crippen LogP contribution >= 0.6 is 0 Å². The van der Waals surface area contributed by atoms with Crippen molar-refractivity contribution in [1.29, 1.82) is 0 Å². The number of hydrogen-bond acceptors (Lipinski definition) is 3. The molecule has 1 fully saturated rings. The van der Waals surface area contributed by atoms with Gasteiger partial charge in [0.05, 0.1) is 0 Å². The fourth-order valence-corrected chi connectivity index (χ4v) is 2.29. The Labute approximate surface area is 92.2 Å². The van der Waals surface area contributed by atoms with Gasteiger partial charge in [0.2, 0.25) is 5.91 Å². The Morgan fingerprint density at radius 3 is 2.67 bits per heavy atom. The van der Waals surface area contributed by atoms with Crippen molar-refractivity contribution in [3.8, 4) is 0 Å². The molecular weight excluding hydrogens is 190 g/mol. The van der Waals surface area contributed by atoms with E-state index in [4.69, 9.17) is 5.84 Å². The molecule has 0 heterocycles. The zero-order valence-corrected chi connectivity index (χ0v) is 9.83. The lowest BCUT2D eigenvalue weighted by atomic mass is 10.1. The van der Waals surface area contributed by atoms with Gasteiger partial charge in [0, 0.05) is 18.5 Å². The van der Waals surface area contributed by atoms with Crippen molar-refractivity contribution in [2.24, 2.45) is 5.84 Å². The van der Waals surface area contributed by atoms with Gasteiger partial charge in [-0.2, -0.15) is 0 Å². The molecule has 0 radical (unpaired) electrons. The zero-order chi connectivity index (χ0) is 11.3. The van der Waals surface area contributed by atoms with Crippen LogP contribution in [0, 0.1) is 0 Å². The van der Waals surface area contributed by atoms with Crippen molar-refractivity contribution >= 4 is 5.91 Å². The molecule has 0 aliphatic heterocycles. The normalized spacial score (nSPS) is 19.5. The molecule has 0 saturated heterocycles. The van der Waals surface area contributed by atoms with Crippen LogP contribution in [-0.2, 0) is 4.79 Å². The van der Waals surface area contributed by atoms with E-state index in [-0.39, 0.29) is 5.91 Å². The van der Waals surface area contributed by atoms with E-state index >= 15 is 0 Å². The second-order valence-electron chi connectivity index (χ2n) is 4.56. The first-order valence-electron chi connectivity index (χ1n) is 5.86. The maximum Gasteiger partial charge on any atom is 0.233 e. The van der Waals surface area contributed by atoms with Gasteiger partial charge in [-0.3, -0.25) is 10.2 Å². The molecule has 4 heteroatoms. The smallest absolute Gasteiger partial charge is 0.233 e. The second kappa shape index (κ2) is 6.08. The van der Waals surface area contributed by atoms with Crippen LogP contribution in [0.2, 0.25) is 0 Å². The minimum Gasteiger partial charge on any atom is -0.301 e. The summed E-state index contributed by atoms with van der Waals surface area (Å²) in [6.07, 6.45) is 6.73. The van der Waals surface area contributed by atoms with Crippen LogP contribution in [0.3, 0.4) is 0 Å². The average Bonchev–Trinajstić information content (AvgIpc) is 2.77. The second-order valence-corrected chi connectivity index (χ2v) is 4.56. The third-order valence-electron chi connectivity index (χ3n) is 3.55. The summed E-state index contributed by atoms with van der Waals surface area (Å²) < 4.78 is 0. The van der Waals surface area contributed by atoms with E-state index in [2.05, 4.69) is 24.3 Å². The summed E-state index contributed by atoms with van der Waals surface area (Å²) in [6.45, 7) is 2.18. The van der Waals surface area contributed by atoms with Gasteiger partial charge in [0.15, 0.2) is 0 Å². The van der Waals surface area contributed by atoms with E-state index in [0.717, 1.165) is 12.5 Å². The maximum absolute atomic E-state index is 11.0. The van der Waals surface area contributed by atoms with Crippen molar-refractivity contribution in [2.75, 3.05) is 7.05 Å². The van der Waals surface area contributed by atoms with Gasteiger partial charge in [-0.1, -0.05) is 12.8 Å². The third kappa shape index (κ3) is 3.80. The molecular formula is C11H23N3O. The van der Waals surface area contributed by atoms with Crippen LogP contribution in [0.15, 0.2) is 0 Å². The van der Waals surface area contributed by atoms with Gasteiger partial charge in [0.1, 0.15) is 0 Å². The minimum absolute atomic E-state index is 0.0679. The first-order valence-corrected chi connectivity index (χ1v) is 5.86. The monoisotopic (exact) mass is 213 g/mol.